The predicted octanol–water partition coefficient (Wildman–Crippen LogP) is 3.27. The molecule has 1 aromatic rings. The van der Waals surface area contributed by atoms with Gasteiger partial charge in [-0.1, -0.05) is 23.8 Å². The maximum atomic E-state index is 3.67. The minimum Gasteiger partial charge on any atom is -0.122 e. The molecule has 0 spiro atoms. The first kappa shape index (κ1) is 8.41. The molecule has 0 radical (unpaired) electrons. The largest absolute Gasteiger partial charge is 0.122 e. The summed E-state index contributed by atoms with van der Waals surface area (Å²) >= 11 is 1.81. The van der Waals surface area contributed by atoms with Crippen LogP contribution >= 0.6 is 11.8 Å². The minimum atomic E-state index is 0.989. The Morgan fingerprint density at radius 2 is 2.00 bits per heavy atom. The van der Waals surface area contributed by atoms with Crippen LogP contribution in [0.2, 0.25) is 0 Å². The molecule has 1 heteroatoms. The Morgan fingerprint density at radius 1 is 1.36 bits per heavy atom. The van der Waals surface area contributed by atoms with Gasteiger partial charge in [-0.05, 0) is 19.1 Å². The number of benzene rings is 1. The van der Waals surface area contributed by atoms with E-state index in [-0.39, 0.29) is 0 Å². The average molecular weight is 164 g/mol. The quantitative estimate of drug-likeness (QED) is 0.488. The van der Waals surface area contributed by atoms with Crippen molar-refractivity contribution >= 4 is 11.8 Å². The predicted molar refractivity (Wildman–Crippen MR) is 52.1 cm³/mol. The van der Waals surface area contributed by atoms with Crippen LogP contribution in [0.5, 0.6) is 0 Å². The number of hydrogen-bond acceptors (Lipinski definition) is 1. The highest BCUT2D eigenvalue weighted by Crippen LogP contribution is 2.17. The van der Waals surface area contributed by atoms with Crippen molar-refractivity contribution in [2.45, 2.75) is 11.8 Å². The van der Waals surface area contributed by atoms with Gasteiger partial charge in [0.25, 0.3) is 0 Å². The molecule has 1 aromatic carbocycles. The maximum absolute atomic E-state index is 3.67. The van der Waals surface area contributed by atoms with Gasteiger partial charge in [0.05, 0.1) is 0 Å². The standard InChI is InChI=1S/C10H12S/c1-3-8-11-10-6-4-9(2)5-7-10/h3-7H,1,8H2,2H3. The van der Waals surface area contributed by atoms with E-state index in [4.69, 9.17) is 0 Å². The van der Waals surface area contributed by atoms with Gasteiger partial charge in [0.1, 0.15) is 0 Å². The first-order valence-corrected chi connectivity index (χ1v) is 4.62. The van der Waals surface area contributed by atoms with Gasteiger partial charge in [-0.25, -0.2) is 0 Å². The van der Waals surface area contributed by atoms with Crippen LogP contribution in [0, 0.1) is 6.92 Å². The van der Waals surface area contributed by atoms with Gasteiger partial charge in [0.2, 0.25) is 0 Å². The Kier molecular flexibility index (Phi) is 3.24. The smallest absolute Gasteiger partial charge is 0.0158 e. The number of rotatable bonds is 3. The molecule has 58 valence electrons. The lowest BCUT2D eigenvalue weighted by Gasteiger charge is -1.97. The fourth-order valence-electron chi connectivity index (χ4n) is 0.790. The van der Waals surface area contributed by atoms with Crippen molar-refractivity contribution in [2.24, 2.45) is 0 Å². The lowest BCUT2D eigenvalue weighted by Crippen LogP contribution is -1.74. The molecule has 0 aliphatic rings. The minimum absolute atomic E-state index is 0.989. The Balaban J connectivity index is 2.58. The Morgan fingerprint density at radius 3 is 2.55 bits per heavy atom. The molecule has 0 bridgehead atoms. The topological polar surface area (TPSA) is 0 Å². The van der Waals surface area contributed by atoms with Crippen LogP contribution in [-0.2, 0) is 0 Å². The third kappa shape index (κ3) is 2.81. The molecule has 0 unspecified atom stereocenters. The Bertz CT molecular complexity index is 223. The van der Waals surface area contributed by atoms with E-state index < -0.39 is 0 Å². The van der Waals surface area contributed by atoms with Gasteiger partial charge < -0.3 is 0 Å². The molecule has 0 saturated carbocycles. The molecular weight excluding hydrogens is 152 g/mol. The number of aryl methyl sites for hydroxylation is 1. The third-order valence-corrected chi connectivity index (χ3v) is 2.40. The molecule has 0 nitrogen and oxygen atoms in total. The van der Waals surface area contributed by atoms with E-state index in [1.165, 1.54) is 10.5 Å². The van der Waals surface area contributed by atoms with E-state index in [1.807, 2.05) is 17.8 Å². The maximum Gasteiger partial charge on any atom is 0.0158 e. The molecule has 0 N–H and O–H groups in total. The van der Waals surface area contributed by atoms with Crippen LogP contribution < -0.4 is 0 Å². The first-order chi connectivity index (χ1) is 5.33. The molecule has 0 aliphatic carbocycles. The van der Waals surface area contributed by atoms with Crippen LogP contribution in [0.3, 0.4) is 0 Å². The van der Waals surface area contributed by atoms with Gasteiger partial charge in [-0.15, -0.1) is 18.3 Å². The van der Waals surface area contributed by atoms with Gasteiger partial charge in [0.15, 0.2) is 0 Å². The molecule has 0 fully saturated rings. The van der Waals surface area contributed by atoms with Gasteiger partial charge in [-0.3, -0.25) is 0 Å². The summed E-state index contributed by atoms with van der Waals surface area (Å²) in [4.78, 5) is 1.32. The van der Waals surface area contributed by atoms with Crippen LogP contribution in [0.25, 0.3) is 0 Å². The lowest BCUT2D eigenvalue weighted by molar-refractivity contribution is 1.38. The Hall–Kier alpha value is -0.690. The van der Waals surface area contributed by atoms with Gasteiger partial charge >= 0.3 is 0 Å². The average Bonchev–Trinajstić information content (AvgIpc) is 2.04. The highest BCUT2D eigenvalue weighted by atomic mass is 32.2. The molecule has 0 saturated heterocycles. The van der Waals surface area contributed by atoms with Crippen LogP contribution in [0.1, 0.15) is 5.56 Å². The van der Waals surface area contributed by atoms with E-state index in [9.17, 15) is 0 Å². The fourth-order valence-corrected chi connectivity index (χ4v) is 1.43. The normalized spacial score (nSPS) is 9.55. The highest BCUT2D eigenvalue weighted by Gasteiger charge is 1.89. The first-order valence-electron chi connectivity index (χ1n) is 3.63. The van der Waals surface area contributed by atoms with E-state index in [2.05, 4.69) is 37.8 Å². The van der Waals surface area contributed by atoms with Gasteiger partial charge in [-0.2, -0.15) is 0 Å². The van der Waals surface area contributed by atoms with Gasteiger partial charge in [0, 0.05) is 10.6 Å². The van der Waals surface area contributed by atoms with Crippen molar-refractivity contribution in [1.82, 2.24) is 0 Å². The summed E-state index contributed by atoms with van der Waals surface area (Å²) in [5, 5.41) is 0. The van der Waals surface area contributed by atoms with Crippen molar-refractivity contribution in [3.8, 4) is 0 Å². The lowest BCUT2D eigenvalue weighted by atomic mass is 10.2. The van der Waals surface area contributed by atoms with E-state index in [1.54, 1.807) is 0 Å². The molecule has 0 aliphatic heterocycles. The summed E-state index contributed by atoms with van der Waals surface area (Å²) in [5.74, 6) is 0.989. The van der Waals surface area contributed by atoms with E-state index in [0.29, 0.717) is 0 Å². The van der Waals surface area contributed by atoms with E-state index >= 15 is 0 Å². The summed E-state index contributed by atoms with van der Waals surface area (Å²) in [6.07, 6.45) is 1.92. The molecule has 1 rings (SSSR count). The zero-order chi connectivity index (χ0) is 8.10. The molecule has 0 atom stereocenters. The summed E-state index contributed by atoms with van der Waals surface area (Å²) < 4.78 is 0. The third-order valence-electron chi connectivity index (χ3n) is 1.39. The highest BCUT2D eigenvalue weighted by molar-refractivity contribution is 7.99. The van der Waals surface area contributed by atoms with Crippen LogP contribution in [0.4, 0.5) is 0 Å². The molecule has 0 aromatic heterocycles. The molecule has 0 heterocycles. The fraction of sp³-hybridized carbons (Fsp3) is 0.200. The number of thioether (sulfide) groups is 1. The number of hydrogen-bond donors (Lipinski definition) is 0. The summed E-state index contributed by atoms with van der Waals surface area (Å²) in [6, 6.07) is 8.55. The van der Waals surface area contributed by atoms with Crippen molar-refractivity contribution < 1.29 is 0 Å². The molecular formula is C10H12S. The van der Waals surface area contributed by atoms with Crippen molar-refractivity contribution in [3.63, 3.8) is 0 Å². The van der Waals surface area contributed by atoms with E-state index in [0.717, 1.165) is 5.75 Å². The molecule has 0 amide bonds. The van der Waals surface area contributed by atoms with Crippen LogP contribution in [-0.4, -0.2) is 5.75 Å². The van der Waals surface area contributed by atoms with Crippen molar-refractivity contribution in [3.05, 3.63) is 42.5 Å². The Labute approximate surface area is 72.3 Å². The van der Waals surface area contributed by atoms with Crippen LogP contribution in [0.15, 0.2) is 41.8 Å². The second-order valence-corrected chi connectivity index (χ2v) is 3.51. The zero-order valence-electron chi connectivity index (χ0n) is 6.71. The zero-order valence-corrected chi connectivity index (χ0v) is 7.53. The van der Waals surface area contributed by atoms with Crippen molar-refractivity contribution in [1.29, 1.82) is 0 Å². The summed E-state index contributed by atoms with van der Waals surface area (Å²) in [7, 11) is 0. The second-order valence-electron chi connectivity index (χ2n) is 2.41. The monoisotopic (exact) mass is 164 g/mol. The summed E-state index contributed by atoms with van der Waals surface area (Å²) in [5.41, 5.74) is 1.31. The SMILES string of the molecule is C=CCSc1ccc(C)cc1. The summed E-state index contributed by atoms with van der Waals surface area (Å²) in [6.45, 7) is 5.77. The van der Waals surface area contributed by atoms with Crippen molar-refractivity contribution in [2.75, 3.05) is 5.75 Å². The molecule has 11 heavy (non-hydrogen) atoms. The second kappa shape index (κ2) is 4.24.